The van der Waals surface area contributed by atoms with Crippen molar-refractivity contribution >= 4 is 16.9 Å². The minimum atomic E-state index is -0.259. The number of carbonyl (C=O) groups excluding carboxylic acids is 1. The van der Waals surface area contributed by atoms with Gasteiger partial charge in [0.05, 0.1) is 12.7 Å². The second kappa shape index (κ2) is 6.79. The van der Waals surface area contributed by atoms with Gasteiger partial charge >= 0.3 is 5.97 Å². The molecule has 0 spiro atoms. The molecule has 0 N–H and O–H groups in total. The molecule has 1 aromatic heterocycles. The molecule has 0 unspecified atom stereocenters. The van der Waals surface area contributed by atoms with E-state index in [4.69, 9.17) is 4.74 Å². The summed E-state index contributed by atoms with van der Waals surface area (Å²) in [5.41, 5.74) is 4.14. The van der Waals surface area contributed by atoms with Crippen LogP contribution in [0.3, 0.4) is 0 Å². The normalized spacial score (nSPS) is 11.0. The van der Waals surface area contributed by atoms with Crippen LogP contribution in [0.1, 0.15) is 54.7 Å². The monoisotopic (exact) mass is 287 g/mol. The van der Waals surface area contributed by atoms with Gasteiger partial charge in [0.1, 0.15) is 0 Å². The molecule has 0 aliphatic rings. The van der Waals surface area contributed by atoms with Crippen molar-refractivity contribution in [1.29, 1.82) is 0 Å². The van der Waals surface area contributed by atoms with Gasteiger partial charge in [-0.2, -0.15) is 0 Å². The lowest BCUT2D eigenvalue weighted by atomic mass is 10.1. The molecule has 2 aromatic rings. The number of unbranched alkanes of at least 4 members (excludes halogenated alkanes) is 2. The first-order valence-electron chi connectivity index (χ1n) is 7.83. The van der Waals surface area contributed by atoms with Gasteiger partial charge in [-0.25, -0.2) is 4.79 Å². The summed E-state index contributed by atoms with van der Waals surface area (Å²) in [6, 6.07) is 6.34. The second-order valence-corrected chi connectivity index (χ2v) is 5.55. The first-order chi connectivity index (χ1) is 10.1. The number of aromatic nitrogens is 1. The minimum absolute atomic E-state index is 0.259. The van der Waals surface area contributed by atoms with E-state index in [1.165, 1.54) is 37.5 Å². The largest absolute Gasteiger partial charge is 0.465 e. The minimum Gasteiger partial charge on any atom is -0.465 e. The van der Waals surface area contributed by atoms with Gasteiger partial charge in [-0.15, -0.1) is 0 Å². The molecule has 0 bridgehead atoms. The van der Waals surface area contributed by atoms with Crippen LogP contribution in [0.4, 0.5) is 0 Å². The Morgan fingerprint density at radius 3 is 2.57 bits per heavy atom. The zero-order valence-corrected chi connectivity index (χ0v) is 13.5. The smallest absolute Gasteiger partial charge is 0.338 e. The van der Waals surface area contributed by atoms with Crippen LogP contribution in [-0.2, 0) is 17.7 Å². The van der Waals surface area contributed by atoms with Crippen molar-refractivity contribution in [3.05, 3.63) is 35.0 Å². The Kier molecular flexibility index (Phi) is 5.05. The predicted octanol–water partition coefficient (Wildman–Crippen LogP) is 4.49. The molecule has 0 fully saturated rings. The van der Waals surface area contributed by atoms with Crippen LogP contribution in [0, 0.1) is 6.92 Å². The van der Waals surface area contributed by atoms with Crippen LogP contribution >= 0.6 is 0 Å². The summed E-state index contributed by atoms with van der Waals surface area (Å²) < 4.78 is 7.19. The predicted molar refractivity (Wildman–Crippen MR) is 86.9 cm³/mol. The van der Waals surface area contributed by atoms with Crippen molar-refractivity contribution in [2.45, 2.75) is 53.0 Å². The highest BCUT2D eigenvalue weighted by atomic mass is 16.5. The van der Waals surface area contributed by atoms with E-state index < -0.39 is 0 Å². The van der Waals surface area contributed by atoms with Gasteiger partial charge in [0.25, 0.3) is 0 Å². The number of methoxy groups -OCH3 is 1. The molecule has 0 aliphatic heterocycles. The van der Waals surface area contributed by atoms with Crippen LogP contribution in [0.25, 0.3) is 10.9 Å². The fourth-order valence-corrected chi connectivity index (χ4v) is 2.95. The van der Waals surface area contributed by atoms with Crippen molar-refractivity contribution in [2.24, 2.45) is 0 Å². The molecule has 1 heterocycles. The van der Waals surface area contributed by atoms with Crippen LogP contribution in [0.5, 0.6) is 0 Å². The number of ether oxygens (including phenoxy) is 1. The summed E-state index contributed by atoms with van der Waals surface area (Å²) in [5, 5.41) is 1.22. The molecular weight excluding hydrogens is 262 g/mol. The number of nitrogens with zero attached hydrogens (tertiary/aromatic N) is 1. The Bertz CT molecular complexity index is 640. The number of benzene rings is 1. The maximum atomic E-state index is 11.9. The van der Waals surface area contributed by atoms with Gasteiger partial charge in [-0.3, -0.25) is 0 Å². The van der Waals surface area contributed by atoms with E-state index in [1.54, 1.807) is 0 Å². The van der Waals surface area contributed by atoms with Gasteiger partial charge < -0.3 is 9.30 Å². The molecule has 2 rings (SSSR count). The molecule has 0 atom stereocenters. The molecule has 3 heteroatoms. The van der Waals surface area contributed by atoms with E-state index in [0.717, 1.165) is 24.0 Å². The van der Waals surface area contributed by atoms with E-state index in [9.17, 15) is 4.79 Å². The number of aryl methyl sites for hydroxylation is 3. The van der Waals surface area contributed by atoms with E-state index >= 15 is 0 Å². The number of carbonyl (C=O) groups is 1. The lowest BCUT2D eigenvalue weighted by Gasteiger charge is -2.09. The molecule has 0 saturated carbocycles. The average Bonchev–Trinajstić information content (AvgIpc) is 2.82. The molecular formula is C18H25NO2. The van der Waals surface area contributed by atoms with Crippen molar-refractivity contribution in [3.63, 3.8) is 0 Å². The first kappa shape index (κ1) is 15.6. The van der Waals surface area contributed by atoms with E-state index in [0.29, 0.717) is 5.56 Å². The van der Waals surface area contributed by atoms with Gasteiger partial charge in [0.15, 0.2) is 0 Å². The van der Waals surface area contributed by atoms with Gasteiger partial charge in [-0.1, -0.05) is 19.8 Å². The molecule has 1 aromatic carbocycles. The quantitative estimate of drug-likeness (QED) is 0.579. The maximum absolute atomic E-state index is 11.9. The van der Waals surface area contributed by atoms with Gasteiger partial charge in [0, 0.05) is 23.1 Å². The second-order valence-electron chi connectivity index (χ2n) is 5.55. The molecule has 0 saturated heterocycles. The Morgan fingerprint density at radius 1 is 1.19 bits per heavy atom. The fraction of sp³-hybridized carbons (Fsp3) is 0.500. The van der Waals surface area contributed by atoms with E-state index in [1.807, 2.05) is 13.0 Å². The summed E-state index contributed by atoms with van der Waals surface area (Å²) in [4.78, 5) is 11.9. The average molecular weight is 287 g/mol. The molecule has 0 aliphatic carbocycles. The van der Waals surface area contributed by atoms with Gasteiger partial charge in [0.2, 0.25) is 0 Å². The third-order valence-electron chi connectivity index (χ3n) is 4.09. The Morgan fingerprint density at radius 2 is 1.95 bits per heavy atom. The fourth-order valence-electron chi connectivity index (χ4n) is 2.95. The molecule has 0 amide bonds. The highest BCUT2D eigenvalue weighted by Crippen LogP contribution is 2.25. The third kappa shape index (κ3) is 3.12. The number of rotatable bonds is 6. The molecule has 0 radical (unpaired) electrons. The van der Waals surface area contributed by atoms with E-state index in [-0.39, 0.29) is 5.97 Å². The van der Waals surface area contributed by atoms with Crippen molar-refractivity contribution in [2.75, 3.05) is 7.11 Å². The summed E-state index contributed by atoms with van der Waals surface area (Å²) >= 11 is 0. The lowest BCUT2D eigenvalue weighted by molar-refractivity contribution is 0.0600. The summed E-state index contributed by atoms with van der Waals surface area (Å²) in [6.45, 7) is 7.27. The molecule has 3 nitrogen and oxygen atoms in total. The van der Waals surface area contributed by atoms with Crippen LogP contribution in [0.15, 0.2) is 18.2 Å². The first-order valence-corrected chi connectivity index (χ1v) is 7.83. The van der Waals surface area contributed by atoms with Crippen molar-refractivity contribution in [1.82, 2.24) is 4.57 Å². The van der Waals surface area contributed by atoms with Crippen LogP contribution in [0.2, 0.25) is 0 Å². The number of fused-ring (bicyclic) bond motifs is 1. The summed E-state index contributed by atoms with van der Waals surface area (Å²) in [6.07, 6.45) is 4.81. The number of esters is 1. The zero-order valence-electron chi connectivity index (χ0n) is 13.5. The van der Waals surface area contributed by atoms with Crippen molar-refractivity contribution < 1.29 is 9.53 Å². The number of hydrogen-bond donors (Lipinski definition) is 0. The summed E-state index contributed by atoms with van der Waals surface area (Å²) in [7, 11) is 1.43. The van der Waals surface area contributed by atoms with Gasteiger partial charge in [-0.05, 0) is 50.5 Å². The summed E-state index contributed by atoms with van der Waals surface area (Å²) in [5.74, 6) is -0.259. The Hall–Kier alpha value is -1.77. The standard InChI is InChI=1S/C18H25NO2/c1-5-7-8-9-15-11-14-10-13(3)16(18(20)21-4)12-17(14)19(15)6-2/h10-12H,5-9H2,1-4H3. The topological polar surface area (TPSA) is 31.2 Å². The number of hydrogen-bond acceptors (Lipinski definition) is 2. The zero-order chi connectivity index (χ0) is 15.4. The molecule has 21 heavy (non-hydrogen) atoms. The maximum Gasteiger partial charge on any atom is 0.338 e. The van der Waals surface area contributed by atoms with Crippen LogP contribution in [-0.4, -0.2) is 17.6 Å². The Labute approximate surface area is 126 Å². The lowest BCUT2D eigenvalue weighted by Crippen LogP contribution is -2.05. The highest BCUT2D eigenvalue weighted by Gasteiger charge is 2.14. The third-order valence-corrected chi connectivity index (χ3v) is 4.09. The molecule has 114 valence electrons. The van der Waals surface area contributed by atoms with Crippen molar-refractivity contribution in [3.8, 4) is 0 Å². The van der Waals surface area contributed by atoms with E-state index in [2.05, 4.69) is 30.5 Å². The Balaban J connectivity index is 2.47. The SMILES string of the molecule is CCCCCc1cc2cc(C)c(C(=O)OC)cc2n1CC. The van der Waals surface area contributed by atoms with Crippen LogP contribution < -0.4 is 0 Å². The highest BCUT2D eigenvalue weighted by molar-refractivity contribution is 5.96.